The average molecular weight is 534 g/mol. The molecular formula is C30H26F3N3O3. The molecule has 0 aliphatic heterocycles. The highest BCUT2D eigenvalue weighted by atomic mass is 19.4. The number of carbonyl (C=O) groups is 1. The summed E-state index contributed by atoms with van der Waals surface area (Å²) >= 11 is 0. The average Bonchev–Trinajstić information content (AvgIpc) is 2.95. The maximum absolute atomic E-state index is 12.9. The van der Waals surface area contributed by atoms with Crippen LogP contribution in [-0.4, -0.2) is 18.7 Å². The number of alkyl halides is 3. The Kier molecular flexibility index (Phi) is 9.18. The van der Waals surface area contributed by atoms with Gasteiger partial charge in [0, 0.05) is 5.69 Å². The molecule has 0 fully saturated rings. The lowest BCUT2D eigenvalue weighted by molar-refractivity contribution is -0.137. The second-order valence-corrected chi connectivity index (χ2v) is 8.48. The highest BCUT2D eigenvalue weighted by molar-refractivity contribution is 5.84. The maximum Gasteiger partial charge on any atom is 0.416 e. The van der Waals surface area contributed by atoms with Gasteiger partial charge in [0.15, 0.2) is 11.5 Å². The Hall–Kier alpha value is -4.79. The molecule has 0 saturated heterocycles. The Morgan fingerprint density at radius 1 is 0.769 bits per heavy atom. The van der Waals surface area contributed by atoms with Crippen molar-refractivity contribution in [3.05, 3.63) is 125 Å². The summed E-state index contributed by atoms with van der Waals surface area (Å²) in [5.41, 5.74) is 4.39. The number of amides is 1. The van der Waals surface area contributed by atoms with Crippen LogP contribution in [0.4, 0.5) is 18.9 Å². The first kappa shape index (κ1) is 27.3. The molecule has 6 nitrogen and oxygen atoms in total. The van der Waals surface area contributed by atoms with Crippen molar-refractivity contribution in [1.29, 1.82) is 0 Å². The number of hydrogen-bond acceptors (Lipinski definition) is 5. The van der Waals surface area contributed by atoms with Crippen molar-refractivity contribution in [2.75, 3.05) is 11.9 Å². The smallest absolute Gasteiger partial charge is 0.416 e. The van der Waals surface area contributed by atoms with Gasteiger partial charge < -0.3 is 14.8 Å². The fourth-order valence-corrected chi connectivity index (χ4v) is 3.51. The summed E-state index contributed by atoms with van der Waals surface area (Å²) in [7, 11) is 0. The van der Waals surface area contributed by atoms with E-state index in [1.165, 1.54) is 18.3 Å². The summed E-state index contributed by atoms with van der Waals surface area (Å²) in [5, 5.41) is 6.61. The highest BCUT2D eigenvalue weighted by Gasteiger charge is 2.30. The number of halogens is 3. The van der Waals surface area contributed by atoms with Crippen molar-refractivity contribution < 1.29 is 27.4 Å². The third-order valence-corrected chi connectivity index (χ3v) is 5.49. The van der Waals surface area contributed by atoms with Gasteiger partial charge in [0.05, 0.1) is 18.3 Å². The summed E-state index contributed by atoms with van der Waals surface area (Å²) in [5.74, 6) is 0.546. The zero-order valence-corrected chi connectivity index (χ0v) is 20.8. The van der Waals surface area contributed by atoms with Crippen LogP contribution in [0.1, 0.15) is 22.3 Å². The number of hydrazone groups is 1. The fraction of sp³-hybridized carbons (Fsp3) is 0.133. The molecule has 4 aromatic carbocycles. The fourth-order valence-electron chi connectivity index (χ4n) is 3.51. The van der Waals surface area contributed by atoms with E-state index < -0.39 is 17.6 Å². The summed E-state index contributed by atoms with van der Waals surface area (Å²) < 4.78 is 50.6. The summed E-state index contributed by atoms with van der Waals surface area (Å²) in [6.07, 6.45) is -3.02. The standard InChI is InChI=1S/C30H26F3N3O3/c31-30(32,33)25-12-7-13-26(17-25)34-19-29(37)36-35-18-24-14-15-27(38-20-22-8-3-1-4-9-22)28(16-24)39-21-23-10-5-2-6-11-23/h1-18,34H,19-21H2,(H,36,37)/b35-18-. The van der Waals surface area contributed by atoms with Crippen molar-refractivity contribution in [2.45, 2.75) is 19.4 Å². The lowest BCUT2D eigenvalue weighted by Gasteiger charge is -2.14. The first-order valence-corrected chi connectivity index (χ1v) is 12.1. The topological polar surface area (TPSA) is 72.0 Å². The summed E-state index contributed by atoms with van der Waals surface area (Å²) in [6.45, 7) is 0.447. The molecule has 4 aromatic rings. The second-order valence-electron chi connectivity index (χ2n) is 8.48. The molecular weight excluding hydrogens is 507 g/mol. The molecule has 200 valence electrons. The molecule has 9 heteroatoms. The van der Waals surface area contributed by atoms with Gasteiger partial charge in [-0.15, -0.1) is 0 Å². The molecule has 4 rings (SSSR count). The van der Waals surface area contributed by atoms with Crippen LogP contribution in [0.25, 0.3) is 0 Å². The van der Waals surface area contributed by atoms with Crippen LogP contribution in [0, 0.1) is 0 Å². The number of nitrogens with one attached hydrogen (secondary N) is 2. The predicted octanol–water partition coefficient (Wildman–Crippen LogP) is 6.43. The van der Waals surface area contributed by atoms with Gasteiger partial charge in [-0.1, -0.05) is 66.7 Å². The largest absolute Gasteiger partial charge is 0.485 e. The number of nitrogens with zero attached hydrogens (tertiary/aromatic N) is 1. The van der Waals surface area contributed by atoms with Gasteiger partial charge in [-0.2, -0.15) is 18.3 Å². The second kappa shape index (κ2) is 13.1. The third-order valence-electron chi connectivity index (χ3n) is 5.49. The van der Waals surface area contributed by atoms with Gasteiger partial charge in [0.25, 0.3) is 5.91 Å². The van der Waals surface area contributed by atoms with E-state index >= 15 is 0 Å². The van der Waals surface area contributed by atoms with Crippen LogP contribution in [0.5, 0.6) is 11.5 Å². The van der Waals surface area contributed by atoms with Crippen LogP contribution in [0.3, 0.4) is 0 Å². The van der Waals surface area contributed by atoms with Crippen molar-refractivity contribution in [3.8, 4) is 11.5 Å². The molecule has 0 bridgehead atoms. The van der Waals surface area contributed by atoms with Gasteiger partial charge in [0.2, 0.25) is 0 Å². The lowest BCUT2D eigenvalue weighted by atomic mass is 10.2. The monoisotopic (exact) mass is 533 g/mol. The number of carbonyl (C=O) groups excluding carboxylic acids is 1. The number of benzene rings is 4. The van der Waals surface area contributed by atoms with Crippen LogP contribution in [0.2, 0.25) is 0 Å². The first-order chi connectivity index (χ1) is 18.9. The molecule has 0 radical (unpaired) electrons. The molecule has 0 heterocycles. The Morgan fingerprint density at radius 3 is 2.05 bits per heavy atom. The molecule has 2 N–H and O–H groups in total. The van der Waals surface area contributed by atoms with Gasteiger partial charge in [-0.25, -0.2) is 5.43 Å². The van der Waals surface area contributed by atoms with Gasteiger partial charge >= 0.3 is 6.18 Å². The molecule has 0 spiro atoms. The van der Waals surface area contributed by atoms with Crippen molar-refractivity contribution in [2.24, 2.45) is 5.10 Å². The lowest BCUT2D eigenvalue weighted by Crippen LogP contribution is -2.26. The minimum absolute atomic E-state index is 0.176. The zero-order chi connectivity index (χ0) is 27.5. The van der Waals surface area contributed by atoms with Crippen LogP contribution in [0.15, 0.2) is 108 Å². The molecule has 0 aliphatic rings. The van der Waals surface area contributed by atoms with Crippen LogP contribution in [-0.2, 0) is 24.2 Å². The summed E-state index contributed by atoms with van der Waals surface area (Å²) in [4.78, 5) is 12.1. The van der Waals surface area contributed by atoms with Gasteiger partial charge in [-0.05, 0) is 53.1 Å². The molecule has 0 unspecified atom stereocenters. The molecule has 1 amide bonds. The number of anilines is 1. The van der Waals surface area contributed by atoms with E-state index in [4.69, 9.17) is 9.47 Å². The molecule has 0 atom stereocenters. The molecule has 39 heavy (non-hydrogen) atoms. The molecule has 0 saturated carbocycles. The van der Waals surface area contributed by atoms with E-state index in [9.17, 15) is 18.0 Å². The quantitative estimate of drug-likeness (QED) is 0.172. The van der Waals surface area contributed by atoms with E-state index in [2.05, 4.69) is 15.8 Å². The maximum atomic E-state index is 12.9. The van der Waals surface area contributed by atoms with E-state index in [0.29, 0.717) is 30.3 Å². The Bertz CT molecular complexity index is 1390. The highest BCUT2D eigenvalue weighted by Crippen LogP contribution is 2.31. The van der Waals surface area contributed by atoms with E-state index in [-0.39, 0.29) is 12.2 Å². The predicted molar refractivity (Wildman–Crippen MR) is 144 cm³/mol. The van der Waals surface area contributed by atoms with E-state index in [0.717, 1.165) is 23.3 Å². The Balaban J connectivity index is 1.37. The van der Waals surface area contributed by atoms with E-state index in [1.807, 2.05) is 60.7 Å². The molecule has 0 aromatic heterocycles. The Labute approximate surface area is 224 Å². The number of ether oxygens (including phenoxy) is 2. The van der Waals surface area contributed by atoms with E-state index in [1.54, 1.807) is 18.2 Å². The number of rotatable bonds is 11. The van der Waals surface area contributed by atoms with Crippen LogP contribution < -0.4 is 20.2 Å². The van der Waals surface area contributed by atoms with Crippen LogP contribution >= 0.6 is 0 Å². The third kappa shape index (κ3) is 8.63. The van der Waals surface area contributed by atoms with Crippen molar-refractivity contribution in [3.63, 3.8) is 0 Å². The normalized spacial score (nSPS) is 11.3. The van der Waals surface area contributed by atoms with Gasteiger partial charge in [-0.3, -0.25) is 4.79 Å². The van der Waals surface area contributed by atoms with Crippen molar-refractivity contribution >= 4 is 17.8 Å². The first-order valence-electron chi connectivity index (χ1n) is 12.1. The minimum atomic E-state index is -4.46. The summed E-state index contributed by atoms with van der Waals surface area (Å²) in [6, 6.07) is 29.4. The minimum Gasteiger partial charge on any atom is -0.485 e. The molecule has 0 aliphatic carbocycles. The zero-order valence-electron chi connectivity index (χ0n) is 20.8. The van der Waals surface area contributed by atoms with Crippen molar-refractivity contribution in [1.82, 2.24) is 5.43 Å². The Morgan fingerprint density at radius 2 is 1.41 bits per heavy atom. The SMILES string of the molecule is O=C(CNc1cccc(C(F)(F)F)c1)N/N=C\c1ccc(OCc2ccccc2)c(OCc2ccccc2)c1. The number of hydrogen-bond donors (Lipinski definition) is 2. The van der Waals surface area contributed by atoms with Gasteiger partial charge in [0.1, 0.15) is 13.2 Å².